The summed E-state index contributed by atoms with van der Waals surface area (Å²) in [7, 11) is 0. The molecule has 0 aliphatic heterocycles. The molecule has 7 heteroatoms. The van der Waals surface area contributed by atoms with Gasteiger partial charge in [-0.1, -0.05) is 35.9 Å². The van der Waals surface area contributed by atoms with Crippen molar-refractivity contribution in [2.75, 3.05) is 11.9 Å². The van der Waals surface area contributed by atoms with Gasteiger partial charge in [-0.3, -0.25) is 4.79 Å². The Balaban J connectivity index is 1.65. The van der Waals surface area contributed by atoms with Crippen molar-refractivity contribution < 1.29 is 9.18 Å². The predicted octanol–water partition coefficient (Wildman–Crippen LogP) is 4.45. The van der Waals surface area contributed by atoms with Crippen LogP contribution in [0.5, 0.6) is 0 Å². The van der Waals surface area contributed by atoms with E-state index >= 15 is 0 Å². The van der Waals surface area contributed by atoms with Crippen LogP contribution in [-0.4, -0.2) is 23.2 Å². The lowest BCUT2D eigenvalue weighted by Gasteiger charge is -2.11. The number of carbonyl (C=O) groups excluding carboxylic acids is 1. The van der Waals surface area contributed by atoms with Crippen LogP contribution in [0.1, 0.15) is 17.0 Å². The van der Waals surface area contributed by atoms with Gasteiger partial charge in [0.25, 0.3) is 5.91 Å². The highest BCUT2D eigenvalue weighted by atomic mass is 35.5. The number of aromatic nitrogens is 1. The van der Waals surface area contributed by atoms with E-state index in [0.29, 0.717) is 5.02 Å². The minimum atomic E-state index is -0.411. The predicted molar refractivity (Wildman–Crippen MR) is 111 cm³/mol. The van der Waals surface area contributed by atoms with E-state index in [-0.39, 0.29) is 18.1 Å². The molecule has 3 rings (SSSR count). The number of nitrogens with one attached hydrogen (secondary N) is 2. The van der Waals surface area contributed by atoms with Crippen LogP contribution < -0.4 is 10.7 Å². The Morgan fingerprint density at radius 2 is 1.89 bits per heavy atom. The summed E-state index contributed by atoms with van der Waals surface area (Å²) < 4.78 is 15.6. The van der Waals surface area contributed by atoms with Crippen LogP contribution in [0.25, 0.3) is 5.69 Å². The largest absolute Gasteiger partial charge is 0.374 e. The van der Waals surface area contributed by atoms with E-state index in [0.717, 1.165) is 22.6 Å². The molecular formula is C21H20ClFN4O. The number of nitrogens with zero attached hydrogens (tertiary/aromatic N) is 2. The molecule has 0 unspecified atom stereocenters. The SMILES string of the molecule is Cc1cc(C=NNC(=O)CNc2ccccc2F)c(C)n1-c1ccccc1Cl. The summed E-state index contributed by atoms with van der Waals surface area (Å²) in [5, 5.41) is 7.39. The second kappa shape index (κ2) is 8.71. The van der Waals surface area contributed by atoms with Gasteiger partial charge in [0.2, 0.25) is 0 Å². The standard InChI is InChI=1S/C21H20ClFN4O/c1-14-11-16(15(2)27(14)20-10-6-3-7-17(20)22)12-25-26-21(28)13-24-19-9-5-4-8-18(19)23/h3-12,24H,13H2,1-2H3,(H,26,28). The molecule has 0 aliphatic rings. The Kier molecular flexibility index (Phi) is 6.11. The van der Waals surface area contributed by atoms with Crippen LogP contribution in [0.3, 0.4) is 0 Å². The highest BCUT2D eigenvalue weighted by molar-refractivity contribution is 6.32. The number of hydrogen-bond acceptors (Lipinski definition) is 3. The number of hydrogen-bond donors (Lipinski definition) is 2. The van der Waals surface area contributed by atoms with Crippen molar-refractivity contribution in [2.24, 2.45) is 5.10 Å². The average molecular weight is 399 g/mol. The van der Waals surface area contributed by atoms with Crippen LogP contribution in [0, 0.1) is 19.7 Å². The summed E-state index contributed by atoms with van der Waals surface area (Å²) in [6.45, 7) is 3.85. The highest BCUT2D eigenvalue weighted by Gasteiger charge is 2.11. The third kappa shape index (κ3) is 4.40. The quantitative estimate of drug-likeness (QED) is 0.476. The molecule has 0 fully saturated rings. The number of benzene rings is 2. The molecule has 0 spiro atoms. The zero-order valence-corrected chi connectivity index (χ0v) is 16.3. The average Bonchev–Trinajstić information content (AvgIpc) is 2.95. The molecular weight excluding hydrogens is 379 g/mol. The molecule has 0 bridgehead atoms. The second-order valence-corrected chi connectivity index (χ2v) is 6.65. The maximum absolute atomic E-state index is 13.5. The Labute approximate surface area is 167 Å². The Bertz CT molecular complexity index is 1030. The molecule has 0 saturated carbocycles. The van der Waals surface area contributed by atoms with E-state index in [9.17, 15) is 9.18 Å². The molecule has 3 aromatic rings. The van der Waals surface area contributed by atoms with Gasteiger partial charge >= 0.3 is 0 Å². The van der Waals surface area contributed by atoms with Gasteiger partial charge in [-0.15, -0.1) is 0 Å². The van der Waals surface area contributed by atoms with Crippen molar-refractivity contribution >= 4 is 29.4 Å². The van der Waals surface area contributed by atoms with Gasteiger partial charge in [0.15, 0.2) is 0 Å². The van der Waals surface area contributed by atoms with Crippen LogP contribution in [0.4, 0.5) is 10.1 Å². The van der Waals surface area contributed by atoms with Gasteiger partial charge < -0.3 is 9.88 Å². The van der Waals surface area contributed by atoms with Crippen molar-refractivity contribution in [3.63, 3.8) is 0 Å². The molecule has 1 amide bonds. The number of para-hydroxylation sites is 2. The third-order valence-electron chi connectivity index (χ3n) is 4.27. The number of hydrazone groups is 1. The minimum absolute atomic E-state index is 0.0864. The van der Waals surface area contributed by atoms with Gasteiger partial charge in [0, 0.05) is 17.0 Å². The summed E-state index contributed by atoms with van der Waals surface area (Å²) in [5.74, 6) is -0.787. The molecule has 0 atom stereocenters. The first-order chi connectivity index (χ1) is 13.5. The van der Waals surface area contributed by atoms with E-state index in [4.69, 9.17) is 11.6 Å². The number of anilines is 1. The van der Waals surface area contributed by atoms with E-state index in [1.165, 1.54) is 6.07 Å². The summed E-state index contributed by atoms with van der Waals surface area (Å²) in [6.07, 6.45) is 1.58. The van der Waals surface area contributed by atoms with E-state index < -0.39 is 5.82 Å². The van der Waals surface area contributed by atoms with Crippen molar-refractivity contribution in [1.82, 2.24) is 9.99 Å². The monoisotopic (exact) mass is 398 g/mol. The Hall–Kier alpha value is -3.12. The lowest BCUT2D eigenvalue weighted by atomic mass is 10.2. The van der Waals surface area contributed by atoms with E-state index in [1.807, 2.05) is 48.7 Å². The first kappa shape index (κ1) is 19.6. The zero-order valence-electron chi connectivity index (χ0n) is 15.5. The van der Waals surface area contributed by atoms with E-state index in [1.54, 1.807) is 24.4 Å². The molecule has 1 aromatic heterocycles. The fourth-order valence-electron chi connectivity index (χ4n) is 2.92. The summed E-state index contributed by atoms with van der Waals surface area (Å²) in [4.78, 5) is 11.9. The molecule has 144 valence electrons. The van der Waals surface area contributed by atoms with Gasteiger partial charge in [0.05, 0.1) is 29.2 Å². The van der Waals surface area contributed by atoms with Crippen LogP contribution in [0.15, 0.2) is 59.7 Å². The fraction of sp³-hybridized carbons (Fsp3) is 0.143. The number of halogens is 2. The van der Waals surface area contributed by atoms with Crippen LogP contribution in [-0.2, 0) is 4.79 Å². The second-order valence-electron chi connectivity index (χ2n) is 6.24. The summed E-state index contributed by atoms with van der Waals surface area (Å²) >= 11 is 6.31. The lowest BCUT2D eigenvalue weighted by Crippen LogP contribution is -2.26. The molecule has 0 radical (unpaired) electrons. The summed E-state index contributed by atoms with van der Waals surface area (Å²) in [6, 6.07) is 15.7. The molecule has 0 aliphatic carbocycles. The third-order valence-corrected chi connectivity index (χ3v) is 4.59. The number of carbonyl (C=O) groups is 1. The van der Waals surface area contributed by atoms with Crippen LogP contribution in [0.2, 0.25) is 5.02 Å². The topological polar surface area (TPSA) is 58.4 Å². The highest BCUT2D eigenvalue weighted by Crippen LogP contribution is 2.25. The van der Waals surface area contributed by atoms with Crippen molar-refractivity contribution in [3.8, 4) is 5.69 Å². The lowest BCUT2D eigenvalue weighted by molar-refractivity contribution is -0.119. The Morgan fingerprint density at radius 1 is 1.18 bits per heavy atom. The number of aryl methyl sites for hydroxylation is 1. The maximum atomic E-state index is 13.5. The van der Waals surface area contributed by atoms with Gasteiger partial charge in [-0.05, 0) is 44.2 Å². The molecule has 2 N–H and O–H groups in total. The fourth-order valence-corrected chi connectivity index (χ4v) is 3.14. The molecule has 5 nitrogen and oxygen atoms in total. The van der Waals surface area contributed by atoms with Crippen molar-refractivity contribution in [2.45, 2.75) is 13.8 Å². The number of rotatable bonds is 6. The van der Waals surface area contributed by atoms with Crippen molar-refractivity contribution in [3.05, 3.63) is 82.4 Å². The molecule has 0 saturated heterocycles. The summed E-state index contributed by atoms with van der Waals surface area (Å²) in [5.41, 5.74) is 6.41. The van der Waals surface area contributed by atoms with E-state index in [2.05, 4.69) is 15.8 Å². The van der Waals surface area contributed by atoms with Gasteiger partial charge in [0.1, 0.15) is 5.82 Å². The van der Waals surface area contributed by atoms with Crippen LogP contribution >= 0.6 is 11.6 Å². The smallest absolute Gasteiger partial charge is 0.259 e. The van der Waals surface area contributed by atoms with Gasteiger partial charge in [-0.25, -0.2) is 9.82 Å². The molecule has 28 heavy (non-hydrogen) atoms. The molecule has 2 aromatic carbocycles. The molecule has 1 heterocycles. The Morgan fingerprint density at radius 3 is 2.64 bits per heavy atom. The maximum Gasteiger partial charge on any atom is 0.259 e. The number of amides is 1. The minimum Gasteiger partial charge on any atom is -0.374 e. The van der Waals surface area contributed by atoms with Gasteiger partial charge in [-0.2, -0.15) is 5.10 Å². The normalized spacial score (nSPS) is 11.0. The van der Waals surface area contributed by atoms with Crippen molar-refractivity contribution in [1.29, 1.82) is 0 Å². The first-order valence-electron chi connectivity index (χ1n) is 8.71. The first-order valence-corrected chi connectivity index (χ1v) is 9.09. The zero-order chi connectivity index (χ0) is 20.1.